The quantitative estimate of drug-likeness (QED) is 0.166. The highest BCUT2D eigenvalue weighted by atomic mass is 32.1. The minimum absolute atomic E-state index is 0.598. The lowest BCUT2D eigenvalue weighted by Gasteiger charge is -2.41. The summed E-state index contributed by atoms with van der Waals surface area (Å²) in [6.07, 6.45) is 0. The van der Waals surface area contributed by atoms with Crippen molar-refractivity contribution in [1.29, 1.82) is 0 Å². The van der Waals surface area contributed by atoms with Gasteiger partial charge < -0.3 is 14.5 Å². The summed E-state index contributed by atoms with van der Waals surface area (Å²) in [5.41, 5.74) is 13.3. The van der Waals surface area contributed by atoms with Gasteiger partial charge in [-0.25, -0.2) is 0 Å². The molecule has 13 rings (SSSR count). The summed E-state index contributed by atoms with van der Waals surface area (Å²) < 4.78 is 9.82. The lowest BCUT2D eigenvalue weighted by Crippen LogP contribution is -2.32. The van der Waals surface area contributed by atoms with Gasteiger partial charge in [-0.3, -0.25) is 0 Å². The van der Waals surface area contributed by atoms with E-state index < -0.39 is 5.41 Å². The smallest absolute Gasteiger partial charge is 0.156 e. The van der Waals surface area contributed by atoms with Gasteiger partial charge in [-0.15, -0.1) is 11.3 Å². The van der Waals surface area contributed by atoms with Crippen LogP contribution in [0.5, 0.6) is 11.5 Å². The van der Waals surface area contributed by atoms with Crippen LogP contribution in [0.4, 0.5) is 34.1 Å². The predicted octanol–water partition coefficient (Wildman–Crippen LogP) is 16.6. The predicted molar refractivity (Wildman–Crippen MR) is 264 cm³/mol. The Hall–Kier alpha value is -7.92. The molecular weight excluding hydrogens is 785 g/mol. The van der Waals surface area contributed by atoms with E-state index in [1.54, 1.807) is 0 Å². The zero-order chi connectivity index (χ0) is 41.5. The van der Waals surface area contributed by atoms with Crippen molar-refractivity contribution in [2.75, 3.05) is 9.80 Å². The van der Waals surface area contributed by atoms with Crippen molar-refractivity contribution < 1.29 is 4.74 Å². The number of benzene rings is 10. The number of anilines is 6. The lowest BCUT2D eigenvalue weighted by atomic mass is 9.65. The average Bonchev–Trinajstić information content (AvgIpc) is 3.86. The van der Waals surface area contributed by atoms with Crippen LogP contribution in [-0.2, 0) is 5.41 Å². The van der Waals surface area contributed by atoms with Crippen molar-refractivity contribution in [3.8, 4) is 22.6 Å². The zero-order valence-electron chi connectivity index (χ0n) is 34.2. The fraction of sp³-hybridized carbons (Fsp3) is 0.0169. The molecule has 11 aromatic rings. The van der Waals surface area contributed by atoms with E-state index >= 15 is 0 Å². The highest BCUT2D eigenvalue weighted by Gasteiger charge is 2.52. The Balaban J connectivity index is 1.05. The van der Waals surface area contributed by atoms with Crippen LogP contribution in [0.15, 0.2) is 231 Å². The minimum Gasteiger partial charge on any atom is -0.454 e. The third kappa shape index (κ3) is 5.32. The summed E-state index contributed by atoms with van der Waals surface area (Å²) in [5, 5.41) is 4.78. The van der Waals surface area contributed by atoms with Crippen LogP contribution < -0.4 is 14.5 Å². The Kier molecular flexibility index (Phi) is 7.99. The van der Waals surface area contributed by atoms with Gasteiger partial charge in [0.25, 0.3) is 0 Å². The topological polar surface area (TPSA) is 15.7 Å². The van der Waals surface area contributed by atoms with E-state index in [-0.39, 0.29) is 0 Å². The first-order chi connectivity index (χ1) is 31.3. The molecule has 0 atom stereocenters. The fourth-order valence-electron chi connectivity index (χ4n) is 10.5. The fourth-order valence-corrected chi connectivity index (χ4v) is 11.6. The Morgan fingerprint density at radius 2 is 0.825 bits per heavy atom. The first-order valence-electron chi connectivity index (χ1n) is 21.5. The molecule has 1 aliphatic carbocycles. The van der Waals surface area contributed by atoms with E-state index in [0.29, 0.717) is 0 Å². The molecule has 4 heteroatoms. The highest BCUT2D eigenvalue weighted by molar-refractivity contribution is 7.25. The molecule has 0 unspecified atom stereocenters. The van der Waals surface area contributed by atoms with E-state index in [4.69, 9.17) is 4.74 Å². The van der Waals surface area contributed by atoms with E-state index in [1.165, 1.54) is 42.4 Å². The maximum atomic E-state index is 7.36. The normalized spacial score (nSPS) is 13.0. The van der Waals surface area contributed by atoms with Gasteiger partial charge in [0, 0.05) is 65.1 Å². The second kappa shape index (κ2) is 14.1. The van der Waals surface area contributed by atoms with Crippen molar-refractivity contribution in [3.63, 3.8) is 0 Å². The Bertz CT molecular complexity index is 3480. The molecule has 63 heavy (non-hydrogen) atoms. The first kappa shape index (κ1) is 35.8. The van der Waals surface area contributed by atoms with Crippen LogP contribution in [0, 0.1) is 0 Å². The summed E-state index contributed by atoms with van der Waals surface area (Å²) in [6, 6.07) is 83.7. The number of para-hydroxylation sites is 4. The van der Waals surface area contributed by atoms with Crippen LogP contribution in [0.3, 0.4) is 0 Å². The summed E-state index contributed by atoms with van der Waals surface area (Å²) in [5.74, 6) is 1.74. The SMILES string of the molecule is c1ccc(N(c2ccccc2)c2ccc3c(c2)sc2cc(N(c4ccccc4)c4c5c(cc6ccccc46)C4(c6ccccc6O5)c5ccccc5-c5ccccc54)ccc23)cc1. The van der Waals surface area contributed by atoms with Gasteiger partial charge in [0.15, 0.2) is 5.75 Å². The Morgan fingerprint density at radius 1 is 0.349 bits per heavy atom. The molecule has 0 saturated carbocycles. The van der Waals surface area contributed by atoms with Crippen molar-refractivity contribution in [2.24, 2.45) is 0 Å². The van der Waals surface area contributed by atoms with Crippen LogP contribution in [-0.4, -0.2) is 0 Å². The standard InChI is InChI=1S/C59H38N2OS/c1-4-19-40(20-5-1)60(41-21-6-2-7-22-41)43-32-34-48-49-35-33-44(38-56(49)63-55(48)37-43)61(42-23-8-3-9-24-42)57-45-25-11-10-18-39(45)36-53-58(57)62-54-31-17-16-30-52(54)59(53)50-28-14-12-26-46(50)47-27-13-15-29-51(47)59/h1-38H. The first-order valence-corrected chi connectivity index (χ1v) is 22.3. The van der Waals surface area contributed by atoms with Crippen LogP contribution in [0.25, 0.3) is 42.1 Å². The van der Waals surface area contributed by atoms with Crippen LogP contribution >= 0.6 is 11.3 Å². The van der Waals surface area contributed by atoms with Crippen LogP contribution in [0.2, 0.25) is 0 Å². The van der Waals surface area contributed by atoms with Gasteiger partial charge in [0.05, 0.1) is 11.1 Å². The van der Waals surface area contributed by atoms with Crippen LogP contribution in [0.1, 0.15) is 22.3 Å². The molecule has 0 fully saturated rings. The van der Waals surface area contributed by atoms with Gasteiger partial charge >= 0.3 is 0 Å². The van der Waals surface area contributed by atoms with E-state index in [2.05, 4.69) is 240 Å². The number of hydrogen-bond donors (Lipinski definition) is 0. The van der Waals surface area contributed by atoms with Crippen molar-refractivity contribution in [3.05, 3.63) is 253 Å². The molecular formula is C59H38N2OS. The van der Waals surface area contributed by atoms with Gasteiger partial charge in [0.1, 0.15) is 5.75 Å². The molecule has 1 spiro atoms. The third-order valence-electron chi connectivity index (χ3n) is 13.1. The molecule has 1 aliphatic heterocycles. The number of nitrogens with zero attached hydrogens (tertiary/aromatic N) is 2. The number of ether oxygens (including phenoxy) is 1. The molecule has 0 radical (unpaired) electrons. The summed E-state index contributed by atoms with van der Waals surface area (Å²) in [7, 11) is 0. The number of rotatable bonds is 6. The monoisotopic (exact) mass is 822 g/mol. The molecule has 0 bridgehead atoms. The van der Waals surface area contributed by atoms with E-state index in [0.717, 1.165) is 67.5 Å². The zero-order valence-corrected chi connectivity index (χ0v) is 35.0. The molecule has 296 valence electrons. The van der Waals surface area contributed by atoms with Crippen molar-refractivity contribution in [1.82, 2.24) is 0 Å². The molecule has 3 nitrogen and oxygen atoms in total. The molecule has 0 saturated heterocycles. The van der Waals surface area contributed by atoms with Crippen molar-refractivity contribution >= 4 is 76.4 Å². The maximum absolute atomic E-state index is 7.36. The van der Waals surface area contributed by atoms with Gasteiger partial charge in [0.2, 0.25) is 0 Å². The third-order valence-corrected chi connectivity index (χ3v) is 14.2. The van der Waals surface area contributed by atoms with Gasteiger partial charge in [-0.2, -0.15) is 0 Å². The minimum atomic E-state index is -0.598. The highest BCUT2D eigenvalue weighted by Crippen LogP contribution is 2.65. The summed E-state index contributed by atoms with van der Waals surface area (Å²) in [6.45, 7) is 0. The van der Waals surface area contributed by atoms with E-state index in [9.17, 15) is 0 Å². The molecule has 2 aliphatic rings. The Morgan fingerprint density at radius 3 is 1.43 bits per heavy atom. The van der Waals surface area contributed by atoms with Gasteiger partial charge in [-0.1, -0.05) is 158 Å². The second-order valence-corrected chi connectivity index (χ2v) is 17.5. The maximum Gasteiger partial charge on any atom is 0.156 e. The number of fused-ring (bicyclic) bond motifs is 13. The molecule has 0 N–H and O–H groups in total. The summed E-state index contributed by atoms with van der Waals surface area (Å²) >= 11 is 1.84. The van der Waals surface area contributed by atoms with Gasteiger partial charge in [-0.05, 0) is 100 Å². The summed E-state index contributed by atoms with van der Waals surface area (Å²) in [4.78, 5) is 4.76. The largest absolute Gasteiger partial charge is 0.454 e. The number of thiophene rings is 1. The molecule has 2 heterocycles. The second-order valence-electron chi connectivity index (χ2n) is 16.4. The number of hydrogen-bond acceptors (Lipinski definition) is 4. The lowest BCUT2D eigenvalue weighted by molar-refractivity contribution is 0.438. The Labute approximate surface area is 370 Å². The average molecular weight is 823 g/mol. The van der Waals surface area contributed by atoms with E-state index in [1.807, 2.05) is 11.3 Å². The molecule has 10 aromatic carbocycles. The molecule has 1 aromatic heterocycles. The molecule has 0 amide bonds. The van der Waals surface area contributed by atoms with Crippen molar-refractivity contribution in [2.45, 2.75) is 5.41 Å².